The van der Waals surface area contributed by atoms with Crippen molar-refractivity contribution < 1.29 is 8.78 Å². The van der Waals surface area contributed by atoms with E-state index >= 15 is 0 Å². The maximum atomic E-state index is 14.2. The van der Waals surface area contributed by atoms with Gasteiger partial charge in [0.15, 0.2) is 0 Å². The number of benzene rings is 1. The molecule has 0 aliphatic heterocycles. The molecule has 1 aromatic carbocycles. The summed E-state index contributed by atoms with van der Waals surface area (Å²) in [6.45, 7) is 1.70. The third kappa shape index (κ3) is 2.72. The molecular weight excluding hydrogens is 232 g/mol. The second-order valence-electron chi connectivity index (χ2n) is 5.29. The maximum absolute atomic E-state index is 14.2. The van der Waals surface area contributed by atoms with Crippen LogP contribution in [0.3, 0.4) is 0 Å². The summed E-state index contributed by atoms with van der Waals surface area (Å²) in [5.41, 5.74) is 0.841. The quantitative estimate of drug-likeness (QED) is 0.788. The van der Waals surface area contributed by atoms with Crippen LogP contribution in [0.15, 0.2) is 12.1 Å². The van der Waals surface area contributed by atoms with Gasteiger partial charge in [0.2, 0.25) is 0 Å². The monoisotopic (exact) mass is 253 g/mol. The lowest BCUT2D eigenvalue weighted by Gasteiger charge is -2.21. The second kappa shape index (κ2) is 5.79. The van der Waals surface area contributed by atoms with Gasteiger partial charge in [-0.2, -0.15) is 0 Å². The van der Waals surface area contributed by atoms with Gasteiger partial charge < -0.3 is 5.32 Å². The van der Waals surface area contributed by atoms with Crippen LogP contribution < -0.4 is 5.32 Å². The zero-order chi connectivity index (χ0) is 13.1. The molecule has 1 aromatic rings. The first kappa shape index (κ1) is 13.5. The third-order valence-electron chi connectivity index (χ3n) is 4.06. The van der Waals surface area contributed by atoms with Crippen LogP contribution in [0.1, 0.15) is 49.1 Å². The summed E-state index contributed by atoms with van der Waals surface area (Å²) in [4.78, 5) is 0. The van der Waals surface area contributed by atoms with Crippen LogP contribution in [-0.2, 0) is 0 Å². The Hall–Kier alpha value is -0.960. The molecule has 2 rings (SSSR count). The highest BCUT2D eigenvalue weighted by Crippen LogP contribution is 2.35. The van der Waals surface area contributed by atoms with E-state index in [-0.39, 0.29) is 17.6 Å². The molecule has 100 valence electrons. The molecule has 2 atom stereocenters. The predicted molar refractivity (Wildman–Crippen MR) is 69.8 cm³/mol. The molecule has 0 bridgehead atoms. The van der Waals surface area contributed by atoms with Gasteiger partial charge in [0.05, 0.1) is 0 Å². The molecule has 0 radical (unpaired) electrons. The fourth-order valence-corrected chi connectivity index (χ4v) is 2.94. The van der Waals surface area contributed by atoms with Gasteiger partial charge in [0.1, 0.15) is 11.6 Å². The Balaban J connectivity index is 2.32. The largest absolute Gasteiger partial charge is 0.317 e. The van der Waals surface area contributed by atoms with Crippen molar-refractivity contribution in [3.63, 3.8) is 0 Å². The highest BCUT2D eigenvalue weighted by Gasteiger charge is 2.26. The van der Waals surface area contributed by atoms with Crippen molar-refractivity contribution in [1.29, 1.82) is 0 Å². The SMILES string of the molecule is CNC1CCCCC(c2c(F)ccc(C)c2F)C1. The molecule has 0 amide bonds. The van der Waals surface area contributed by atoms with Crippen molar-refractivity contribution in [2.24, 2.45) is 0 Å². The Morgan fingerprint density at radius 2 is 1.89 bits per heavy atom. The summed E-state index contributed by atoms with van der Waals surface area (Å²) in [5, 5.41) is 3.25. The van der Waals surface area contributed by atoms with Gasteiger partial charge in [-0.25, -0.2) is 8.78 Å². The van der Waals surface area contributed by atoms with Gasteiger partial charge in [-0.3, -0.25) is 0 Å². The lowest BCUT2D eigenvalue weighted by molar-refractivity contribution is 0.442. The normalized spacial score (nSPS) is 24.9. The Morgan fingerprint density at radius 3 is 2.61 bits per heavy atom. The molecule has 18 heavy (non-hydrogen) atoms. The lowest BCUT2D eigenvalue weighted by Crippen LogP contribution is -2.26. The van der Waals surface area contributed by atoms with Crippen LogP contribution in [0.25, 0.3) is 0 Å². The summed E-state index contributed by atoms with van der Waals surface area (Å²) in [6, 6.07) is 3.28. The molecule has 1 N–H and O–H groups in total. The molecular formula is C15H21F2N. The van der Waals surface area contributed by atoms with Crippen molar-refractivity contribution in [2.45, 2.75) is 51.0 Å². The number of nitrogens with one attached hydrogen (secondary N) is 1. The fraction of sp³-hybridized carbons (Fsp3) is 0.600. The van der Waals surface area contributed by atoms with E-state index in [0.717, 1.165) is 32.1 Å². The average molecular weight is 253 g/mol. The first-order valence-electron chi connectivity index (χ1n) is 6.75. The van der Waals surface area contributed by atoms with Crippen molar-refractivity contribution >= 4 is 0 Å². The zero-order valence-corrected chi connectivity index (χ0v) is 11.1. The Bertz CT molecular complexity index is 417. The Morgan fingerprint density at radius 1 is 1.17 bits per heavy atom. The third-order valence-corrected chi connectivity index (χ3v) is 4.06. The van der Waals surface area contributed by atoms with E-state index < -0.39 is 0 Å². The molecule has 1 aliphatic carbocycles. The van der Waals surface area contributed by atoms with Gasteiger partial charge in [0, 0.05) is 11.6 Å². The standard InChI is InChI=1S/C15H21F2N/c1-10-7-8-13(16)14(15(10)17)11-5-3-4-6-12(9-11)18-2/h7-8,11-12,18H,3-6,9H2,1-2H3. The van der Waals surface area contributed by atoms with Crippen molar-refractivity contribution in [3.05, 3.63) is 34.9 Å². The first-order valence-corrected chi connectivity index (χ1v) is 6.75. The van der Waals surface area contributed by atoms with Gasteiger partial charge >= 0.3 is 0 Å². The van der Waals surface area contributed by atoms with E-state index in [9.17, 15) is 8.78 Å². The van der Waals surface area contributed by atoms with Crippen LogP contribution in [0.5, 0.6) is 0 Å². The maximum Gasteiger partial charge on any atom is 0.132 e. The fourth-order valence-electron chi connectivity index (χ4n) is 2.94. The summed E-state index contributed by atoms with van der Waals surface area (Å²) >= 11 is 0. The molecule has 1 saturated carbocycles. The number of halogens is 2. The summed E-state index contributed by atoms with van der Waals surface area (Å²) < 4.78 is 28.1. The predicted octanol–water partition coefficient (Wildman–Crippen LogP) is 3.91. The second-order valence-corrected chi connectivity index (χ2v) is 5.29. The minimum absolute atomic E-state index is 0.00449. The first-order chi connectivity index (χ1) is 8.63. The van der Waals surface area contributed by atoms with E-state index in [1.807, 2.05) is 7.05 Å². The van der Waals surface area contributed by atoms with Crippen LogP contribution in [-0.4, -0.2) is 13.1 Å². The Labute approximate surface area is 108 Å². The molecule has 2 unspecified atom stereocenters. The number of rotatable bonds is 2. The molecule has 0 spiro atoms. The lowest BCUT2D eigenvalue weighted by atomic mass is 9.88. The van der Waals surface area contributed by atoms with E-state index in [1.165, 1.54) is 12.1 Å². The molecule has 0 aromatic heterocycles. The topological polar surface area (TPSA) is 12.0 Å². The van der Waals surface area contributed by atoms with Gasteiger partial charge in [0.25, 0.3) is 0 Å². The van der Waals surface area contributed by atoms with E-state index in [2.05, 4.69) is 5.32 Å². The Kier molecular flexibility index (Phi) is 4.33. The van der Waals surface area contributed by atoms with E-state index in [0.29, 0.717) is 17.2 Å². The van der Waals surface area contributed by atoms with Crippen LogP contribution in [0.4, 0.5) is 8.78 Å². The molecule has 1 fully saturated rings. The van der Waals surface area contributed by atoms with Gasteiger partial charge in [-0.1, -0.05) is 18.9 Å². The minimum atomic E-state index is -0.389. The van der Waals surface area contributed by atoms with E-state index in [4.69, 9.17) is 0 Å². The van der Waals surface area contributed by atoms with Crippen molar-refractivity contribution in [3.8, 4) is 0 Å². The molecule has 0 saturated heterocycles. The number of hydrogen-bond donors (Lipinski definition) is 1. The molecule has 1 aliphatic rings. The highest BCUT2D eigenvalue weighted by atomic mass is 19.1. The van der Waals surface area contributed by atoms with Crippen molar-refractivity contribution in [2.75, 3.05) is 7.05 Å². The zero-order valence-electron chi connectivity index (χ0n) is 11.1. The molecule has 3 heteroatoms. The number of aryl methyl sites for hydroxylation is 1. The highest BCUT2D eigenvalue weighted by molar-refractivity contribution is 5.30. The van der Waals surface area contributed by atoms with Crippen LogP contribution in [0.2, 0.25) is 0 Å². The minimum Gasteiger partial charge on any atom is -0.317 e. The van der Waals surface area contributed by atoms with Crippen LogP contribution in [0, 0.1) is 18.6 Å². The number of hydrogen-bond acceptors (Lipinski definition) is 1. The summed E-state index contributed by atoms with van der Waals surface area (Å²) in [5.74, 6) is -0.735. The van der Waals surface area contributed by atoms with Gasteiger partial charge in [-0.15, -0.1) is 0 Å². The average Bonchev–Trinajstić information content (AvgIpc) is 2.60. The van der Waals surface area contributed by atoms with Crippen molar-refractivity contribution in [1.82, 2.24) is 5.32 Å². The molecule has 0 heterocycles. The molecule has 1 nitrogen and oxygen atoms in total. The summed E-state index contributed by atoms with van der Waals surface area (Å²) in [7, 11) is 1.93. The summed E-state index contributed by atoms with van der Waals surface area (Å²) in [6.07, 6.45) is 5.00. The van der Waals surface area contributed by atoms with E-state index in [1.54, 1.807) is 6.92 Å². The smallest absolute Gasteiger partial charge is 0.132 e. The van der Waals surface area contributed by atoms with Crippen LogP contribution >= 0.6 is 0 Å². The van der Waals surface area contributed by atoms with Gasteiger partial charge in [-0.05, 0) is 50.8 Å².